The fourth-order valence-corrected chi connectivity index (χ4v) is 1.81. The lowest BCUT2D eigenvalue weighted by atomic mass is 10.2. The third-order valence-electron chi connectivity index (χ3n) is 2.74. The Bertz CT molecular complexity index is 755. The molecule has 0 spiro atoms. The molecule has 1 aromatic carbocycles. The lowest BCUT2D eigenvalue weighted by molar-refractivity contribution is 0.399. The van der Waals surface area contributed by atoms with Gasteiger partial charge in [-0.25, -0.2) is 9.37 Å². The van der Waals surface area contributed by atoms with Crippen molar-refractivity contribution in [3.05, 3.63) is 36.1 Å². The van der Waals surface area contributed by atoms with E-state index < -0.39 is 5.82 Å². The molecular formula is C13H10FN3O2. The summed E-state index contributed by atoms with van der Waals surface area (Å²) < 4.78 is 18.7. The number of hydrogen-bond acceptors (Lipinski definition) is 4. The maximum Gasteiger partial charge on any atom is 0.215 e. The van der Waals surface area contributed by atoms with E-state index in [4.69, 9.17) is 4.74 Å². The molecular weight excluding hydrogens is 249 g/mol. The van der Waals surface area contributed by atoms with Gasteiger partial charge in [0.1, 0.15) is 17.4 Å². The van der Waals surface area contributed by atoms with E-state index in [0.29, 0.717) is 22.9 Å². The predicted octanol–water partition coefficient (Wildman–Crippen LogP) is 2.48. The maximum absolute atomic E-state index is 13.7. The molecule has 0 fully saturated rings. The van der Waals surface area contributed by atoms with Gasteiger partial charge in [0.15, 0.2) is 5.65 Å². The molecule has 2 heterocycles. The van der Waals surface area contributed by atoms with E-state index in [1.54, 1.807) is 12.1 Å². The zero-order valence-electron chi connectivity index (χ0n) is 10.0. The number of phenolic OH excluding ortho intramolecular Hbond substituents is 1. The molecule has 0 saturated carbocycles. The molecule has 3 aromatic rings. The van der Waals surface area contributed by atoms with Crippen LogP contribution in [0.1, 0.15) is 0 Å². The zero-order chi connectivity index (χ0) is 13.4. The van der Waals surface area contributed by atoms with Gasteiger partial charge in [0.25, 0.3) is 0 Å². The summed E-state index contributed by atoms with van der Waals surface area (Å²) in [4.78, 5) is 11.3. The van der Waals surface area contributed by atoms with E-state index >= 15 is 0 Å². The molecule has 6 heteroatoms. The summed E-state index contributed by atoms with van der Waals surface area (Å²) in [6.07, 6.45) is 0. The molecule has 0 aliphatic heterocycles. The van der Waals surface area contributed by atoms with E-state index in [1.807, 2.05) is 0 Å². The molecule has 0 atom stereocenters. The molecule has 0 amide bonds. The number of aromatic hydroxyl groups is 1. The van der Waals surface area contributed by atoms with Crippen LogP contribution in [0.4, 0.5) is 4.39 Å². The van der Waals surface area contributed by atoms with Gasteiger partial charge in [-0.1, -0.05) is 0 Å². The number of benzene rings is 1. The van der Waals surface area contributed by atoms with Crippen LogP contribution in [0.3, 0.4) is 0 Å². The number of aromatic amines is 1. The van der Waals surface area contributed by atoms with Crippen molar-refractivity contribution in [2.24, 2.45) is 0 Å². The second kappa shape index (κ2) is 4.24. The van der Waals surface area contributed by atoms with Crippen molar-refractivity contribution in [1.82, 2.24) is 15.0 Å². The normalized spacial score (nSPS) is 10.8. The molecule has 0 unspecified atom stereocenters. The minimum Gasteiger partial charge on any atom is -0.508 e. The number of methoxy groups -OCH3 is 1. The number of H-pyrrole nitrogens is 1. The van der Waals surface area contributed by atoms with Gasteiger partial charge in [0, 0.05) is 12.1 Å². The molecule has 2 aromatic heterocycles. The molecule has 0 saturated heterocycles. The van der Waals surface area contributed by atoms with Gasteiger partial charge in [-0.2, -0.15) is 4.98 Å². The third-order valence-corrected chi connectivity index (χ3v) is 2.74. The first-order chi connectivity index (χ1) is 9.17. The van der Waals surface area contributed by atoms with Gasteiger partial charge in [0.05, 0.1) is 18.2 Å². The molecule has 5 nitrogen and oxygen atoms in total. The summed E-state index contributed by atoms with van der Waals surface area (Å²) in [6, 6.07) is 7.35. The van der Waals surface area contributed by atoms with Crippen LogP contribution in [0.15, 0.2) is 30.3 Å². The van der Waals surface area contributed by atoms with Gasteiger partial charge >= 0.3 is 0 Å². The van der Waals surface area contributed by atoms with Crippen LogP contribution in [-0.4, -0.2) is 27.2 Å². The number of halogens is 1. The molecule has 2 N–H and O–H groups in total. The molecule has 0 bridgehead atoms. The summed E-state index contributed by atoms with van der Waals surface area (Å²) in [5.74, 6) is 0.119. The minimum absolute atomic E-state index is 0.128. The van der Waals surface area contributed by atoms with Crippen LogP contribution in [0.5, 0.6) is 11.6 Å². The largest absolute Gasteiger partial charge is 0.508 e. The van der Waals surface area contributed by atoms with E-state index in [0.717, 1.165) is 6.07 Å². The number of phenols is 1. The van der Waals surface area contributed by atoms with Crippen molar-refractivity contribution in [1.29, 1.82) is 0 Å². The molecule has 0 aliphatic rings. The van der Waals surface area contributed by atoms with Gasteiger partial charge in [-0.15, -0.1) is 0 Å². The van der Waals surface area contributed by atoms with Crippen LogP contribution in [-0.2, 0) is 0 Å². The fourth-order valence-electron chi connectivity index (χ4n) is 1.81. The minimum atomic E-state index is -0.550. The predicted molar refractivity (Wildman–Crippen MR) is 67.5 cm³/mol. The van der Waals surface area contributed by atoms with Gasteiger partial charge in [0.2, 0.25) is 5.88 Å². The number of nitrogens with one attached hydrogen (secondary N) is 1. The number of imidazole rings is 1. The van der Waals surface area contributed by atoms with E-state index in [2.05, 4.69) is 15.0 Å². The number of ether oxygens (including phenoxy) is 1. The van der Waals surface area contributed by atoms with Crippen molar-refractivity contribution in [3.8, 4) is 23.0 Å². The lowest BCUT2D eigenvalue weighted by Crippen LogP contribution is -1.87. The molecule has 96 valence electrons. The van der Waals surface area contributed by atoms with Crippen LogP contribution >= 0.6 is 0 Å². The summed E-state index contributed by atoms with van der Waals surface area (Å²) in [6.45, 7) is 0. The number of aromatic nitrogens is 3. The highest BCUT2D eigenvalue weighted by Crippen LogP contribution is 2.25. The number of pyridine rings is 1. The molecule has 19 heavy (non-hydrogen) atoms. The number of hydrogen-bond donors (Lipinski definition) is 2. The Morgan fingerprint density at radius 2 is 2.05 bits per heavy atom. The second-order valence-electron chi connectivity index (χ2n) is 3.97. The summed E-state index contributed by atoms with van der Waals surface area (Å²) in [7, 11) is 1.52. The van der Waals surface area contributed by atoms with Crippen LogP contribution in [0.25, 0.3) is 22.6 Å². The number of fused-ring (bicyclic) bond motifs is 1. The first kappa shape index (κ1) is 11.5. The maximum atomic E-state index is 13.7. The van der Waals surface area contributed by atoms with Crippen LogP contribution in [0, 0.1) is 5.82 Å². The highest BCUT2D eigenvalue weighted by atomic mass is 19.1. The molecule has 0 radical (unpaired) electrons. The van der Waals surface area contributed by atoms with Gasteiger partial charge in [-0.05, 0) is 18.2 Å². The quantitative estimate of drug-likeness (QED) is 0.741. The SMILES string of the molecule is COc1ccc2[nH]c(-c3ccc(O)cc3F)nc2n1. The number of nitrogens with zero attached hydrogens (tertiary/aromatic N) is 2. The third kappa shape index (κ3) is 1.97. The summed E-state index contributed by atoms with van der Waals surface area (Å²) >= 11 is 0. The highest BCUT2D eigenvalue weighted by molar-refractivity contribution is 5.76. The van der Waals surface area contributed by atoms with Crippen molar-refractivity contribution in [2.75, 3.05) is 7.11 Å². The van der Waals surface area contributed by atoms with E-state index in [9.17, 15) is 9.50 Å². The van der Waals surface area contributed by atoms with Crippen LogP contribution in [0.2, 0.25) is 0 Å². The number of rotatable bonds is 2. The average Bonchev–Trinajstić information content (AvgIpc) is 2.80. The van der Waals surface area contributed by atoms with Crippen molar-refractivity contribution >= 4 is 11.2 Å². The smallest absolute Gasteiger partial charge is 0.215 e. The summed E-state index contributed by atoms with van der Waals surface area (Å²) in [5, 5.41) is 9.19. The molecule has 3 rings (SSSR count). The average molecular weight is 259 g/mol. The van der Waals surface area contributed by atoms with Crippen molar-refractivity contribution < 1.29 is 14.2 Å². The van der Waals surface area contributed by atoms with Crippen LogP contribution < -0.4 is 4.74 Å². The summed E-state index contributed by atoms with van der Waals surface area (Å²) in [5.41, 5.74) is 1.40. The van der Waals surface area contributed by atoms with E-state index in [1.165, 1.54) is 19.2 Å². The lowest BCUT2D eigenvalue weighted by Gasteiger charge is -1.99. The fraction of sp³-hybridized carbons (Fsp3) is 0.0769. The Labute approximate surface area is 107 Å². The van der Waals surface area contributed by atoms with Crippen molar-refractivity contribution in [3.63, 3.8) is 0 Å². The second-order valence-corrected chi connectivity index (χ2v) is 3.97. The topological polar surface area (TPSA) is 71.0 Å². The standard InChI is InChI=1S/C13H10FN3O2/c1-19-11-5-4-10-13(16-11)17-12(15-10)8-3-2-7(18)6-9(8)14/h2-6,18H,1H3,(H,15,16,17). The Hall–Kier alpha value is -2.63. The Morgan fingerprint density at radius 3 is 2.79 bits per heavy atom. The van der Waals surface area contributed by atoms with E-state index in [-0.39, 0.29) is 11.3 Å². The Kier molecular flexibility index (Phi) is 2.56. The Balaban J connectivity index is 2.14. The highest BCUT2D eigenvalue weighted by Gasteiger charge is 2.11. The Morgan fingerprint density at radius 1 is 1.21 bits per heavy atom. The first-order valence-corrected chi connectivity index (χ1v) is 5.57. The van der Waals surface area contributed by atoms with Gasteiger partial charge < -0.3 is 14.8 Å². The monoisotopic (exact) mass is 259 g/mol. The first-order valence-electron chi connectivity index (χ1n) is 5.57. The molecule has 0 aliphatic carbocycles. The van der Waals surface area contributed by atoms with Gasteiger partial charge in [-0.3, -0.25) is 0 Å². The van der Waals surface area contributed by atoms with Crippen molar-refractivity contribution in [2.45, 2.75) is 0 Å². The zero-order valence-corrected chi connectivity index (χ0v) is 10.0.